The molecule has 0 aromatic carbocycles. The van der Waals surface area contributed by atoms with Crippen molar-refractivity contribution in [1.82, 2.24) is 4.98 Å². The second-order valence-corrected chi connectivity index (χ2v) is 4.23. The van der Waals surface area contributed by atoms with E-state index in [0.29, 0.717) is 12.2 Å². The van der Waals surface area contributed by atoms with Crippen LogP contribution in [-0.4, -0.2) is 35.1 Å². The van der Waals surface area contributed by atoms with Gasteiger partial charge in [-0.2, -0.15) is 0 Å². The molecular weight excluding hydrogens is 192 g/mol. The lowest BCUT2D eigenvalue weighted by molar-refractivity contribution is 0.0839. The van der Waals surface area contributed by atoms with Gasteiger partial charge in [0.15, 0.2) is 6.29 Å². The highest BCUT2D eigenvalue weighted by Gasteiger charge is 2.31. The van der Waals surface area contributed by atoms with Crippen LogP contribution < -0.4 is 4.90 Å². The lowest BCUT2D eigenvalue weighted by atomic mass is 10.1. The Hall–Kier alpha value is -1.42. The Labute approximate surface area is 88.6 Å². The SMILES string of the molecule is CC1(O)CCN(c2ccc(C=O)nc2)C1. The summed E-state index contributed by atoms with van der Waals surface area (Å²) in [7, 11) is 0. The molecule has 1 aromatic heterocycles. The molecule has 0 radical (unpaired) electrons. The fraction of sp³-hybridized carbons (Fsp3) is 0.455. The average molecular weight is 206 g/mol. The zero-order valence-corrected chi connectivity index (χ0v) is 8.68. The molecule has 0 aliphatic carbocycles. The van der Waals surface area contributed by atoms with Gasteiger partial charge in [0.2, 0.25) is 0 Å². The third kappa shape index (κ3) is 2.15. The van der Waals surface area contributed by atoms with Crippen molar-refractivity contribution in [2.45, 2.75) is 18.9 Å². The molecule has 4 heteroatoms. The molecule has 1 N–H and O–H groups in total. The molecule has 1 fully saturated rings. The number of hydrogen-bond donors (Lipinski definition) is 1. The molecule has 1 atom stereocenters. The van der Waals surface area contributed by atoms with E-state index >= 15 is 0 Å². The number of pyridine rings is 1. The lowest BCUT2D eigenvalue weighted by Gasteiger charge is -2.20. The number of carbonyl (C=O) groups excluding carboxylic acids is 1. The van der Waals surface area contributed by atoms with Crippen molar-refractivity contribution >= 4 is 12.0 Å². The number of aliphatic hydroxyl groups is 1. The zero-order chi connectivity index (χ0) is 10.9. The molecule has 2 heterocycles. The number of aromatic nitrogens is 1. The van der Waals surface area contributed by atoms with Crippen molar-refractivity contribution in [3.8, 4) is 0 Å². The quantitative estimate of drug-likeness (QED) is 0.729. The maximum atomic E-state index is 10.4. The summed E-state index contributed by atoms with van der Waals surface area (Å²) >= 11 is 0. The van der Waals surface area contributed by atoms with Crippen LogP contribution in [0.15, 0.2) is 18.3 Å². The Morgan fingerprint density at radius 3 is 2.87 bits per heavy atom. The van der Waals surface area contributed by atoms with Crippen molar-refractivity contribution < 1.29 is 9.90 Å². The van der Waals surface area contributed by atoms with Crippen molar-refractivity contribution in [3.63, 3.8) is 0 Å². The van der Waals surface area contributed by atoms with E-state index in [9.17, 15) is 9.90 Å². The third-order valence-electron chi connectivity index (χ3n) is 2.71. The van der Waals surface area contributed by atoms with Crippen molar-refractivity contribution in [2.75, 3.05) is 18.0 Å². The molecule has 4 nitrogen and oxygen atoms in total. The van der Waals surface area contributed by atoms with Gasteiger partial charge in [0.1, 0.15) is 5.69 Å². The predicted molar refractivity (Wildman–Crippen MR) is 57.1 cm³/mol. The van der Waals surface area contributed by atoms with Gasteiger partial charge in [-0.25, -0.2) is 0 Å². The van der Waals surface area contributed by atoms with Gasteiger partial charge in [-0.1, -0.05) is 0 Å². The molecule has 1 aromatic rings. The Morgan fingerprint density at radius 1 is 1.60 bits per heavy atom. The molecule has 0 saturated carbocycles. The fourth-order valence-corrected chi connectivity index (χ4v) is 1.82. The first kappa shape index (κ1) is 10.1. The van der Waals surface area contributed by atoms with Crippen LogP contribution in [0.4, 0.5) is 5.69 Å². The van der Waals surface area contributed by atoms with Crippen LogP contribution in [0.1, 0.15) is 23.8 Å². The molecule has 15 heavy (non-hydrogen) atoms. The zero-order valence-electron chi connectivity index (χ0n) is 8.68. The van der Waals surface area contributed by atoms with Crippen LogP contribution in [0.2, 0.25) is 0 Å². The van der Waals surface area contributed by atoms with E-state index in [0.717, 1.165) is 24.9 Å². The second kappa shape index (κ2) is 3.62. The molecule has 1 unspecified atom stereocenters. The molecule has 0 spiro atoms. The van der Waals surface area contributed by atoms with Crippen LogP contribution >= 0.6 is 0 Å². The van der Waals surface area contributed by atoms with E-state index in [4.69, 9.17) is 0 Å². The Morgan fingerprint density at radius 2 is 2.40 bits per heavy atom. The minimum Gasteiger partial charge on any atom is -0.388 e. The highest BCUT2D eigenvalue weighted by atomic mass is 16.3. The minimum atomic E-state index is -0.608. The topological polar surface area (TPSA) is 53.4 Å². The van der Waals surface area contributed by atoms with Crippen LogP contribution in [-0.2, 0) is 0 Å². The summed E-state index contributed by atoms with van der Waals surface area (Å²) in [6.45, 7) is 3.28. The largest absolute Gasteiger partial charge is 0.388 e. The molecule has 0 bridgehead atoms. The van der Waals surface area contributed by atoms with E-state index < -0.39 is 5.60 Å². The number of anilines is 1. The molecule has 2 rings (SSSR count). The molecule has 0 amide bonds. The van der Waals surface area contributed by atoms with Gasteiger partial charge in [0.05, 0.1) is 17.5 Å². The second-order valence-electron chi connectivity index (χ2n) is 4.23. The van der Waals surface area contributed by atoms with Gasteiger partial charge < -0.3 is 10.0 Å². The third-order valence-corrected chi connectivity index (χ3v) is 2.71. The van der Waals surface area contributed by atoms with Gasteiger partial charge in [-0.05, 0) is 25.5 Å². The van der Waals surface area contributed by atoms with E-state index in [1.807, 2.05) is 13.0 Å². The number of nitrogens with zero attached hydrogens (tertiary/aromatic N) is 2. The van der Waals surface area contributed by atoms with Gasteiger partial charge in [0, 0.05) is 13.1 Å². The lowest BCUT2D eigenvalue weighted by Crippen LogP contribution is -2.29. The predicted octanol–water partition coefficient (Wildman–Crippen LogP) is 0.855. The molecule has 1 saturated heterocycles. The minimum absolute atomic E-state index is 0.435. The average Bonchev–Trinajstić information content (AvgIpc) is 2.59. The van der Waals surface area contributed by atoms with Crippen LogP contribution in [0.5, 0.6) is 0 Å². The molecule has 80 valence electrons. The summed E-state index contributed by atoms with van der Waals surface area (Å²) in [6, 6.07) is 3.55. The first-order chi connectivity index (χ1) is 7.11. The van der Waals surface area contributed by atoms with Gasteiger partial charge in [0.25, 0.3) is 0 Å². The highest BCUT2D eigenvalue weighted by molar-refractivity contribution is 5.72. The van der Waals surface area contributed by atoms with Crippen molar-refractivity contribution in [2.24, 2.45) is 0 Å². The van der Waals surface area contributed by atoms with E-state index in [-0.39, 0.29) is 0 Å². The van der Waals surface area contributed by atoms with Crippen LogP contribution in [0, 0.1) is 0 Å². The standard InChI is InChI=1S/C11H14N2O2/c1-11(15)4-5-13(8-11)10-3-2-9(7-14)12-6-10/h2-3,6-7,15H,4-5,8H2,1H3. The normalized spacial score (nSPS) is 25.6. The summed E-state index contributed by atoms with van der Waals surface area (Å²) < 4.78 is 0. The first-order valence-electron chi connectivity index (χ1n) is 4.99. The number of hydrogen-bond acceptors (Lipinski definition) is 4. The molecule has 1 aliphatic rings. The van der Waals surface area contributed by atoms with Crippen LogP contribution in [0.25, 0.3) is 0 Å². The number of carbonyl (C=O) groups is 1. The van der Waals surface area contributed by atoms with Gasteiger partial charge in [-0.15, -0.1) is 0 Å². The summed E-state index contributed by atoms with van der Waals surface area (Å²) in [5.74, 6) is 0. The maximum Gasteiger partial charge on any atom is 0.168 e. The Kier molecular flexibility index (Phi) is 2.44. The van der Waals surface area contributed by atoms with E-state index in [1.165, 1.54) is 0 Å². The number of rotatable bonds is 2. The highest BCUT2D eigenvalue weighted by Crippen LogP contribution is 2.25. The maximum absolute atomic E-state index is 10.4. The van der Waals surface area contributed by atoms with Crippen LogP contribution in [0.3, 0.4) is 0 Å². The monoisotopic (exact) mass is 206 g/mol. The van der Waals surface area contributed by atoms with E-state index in [1.54, 1.807) is 12.3 Å². The number of β-amino-alcohol motifs (C(OH)–C–C–N with tert-alkyl or cyclic N) is 1. The molecular formula is C11H14N2O2. The van der Waals surface area contributed by atoms with Gasteiger partial charge in [-0.3, -0.25) is 9.78 Å². The number of aldehydes is 1. The fourth-order valence-electron chi connectivity index (χ4n) is 1.82. The van der Waals surface area contributed by atoms with Crippen molar-refractivity contribution in [1.29, 1.82) is 0 Å². The summed E-state index contributed by atoms with van der Waals surface area (Å²) in [5, 5.41) is 9.81. The smallest absolute Gasteiger partial charge is 0.168 e. The first-order valence-corrected chi connectivity index (χ1v) is 4.99. The Balaban J connectivity index is 2.14. The molecule has 1 aliphatic heterocycles. The van der Waals surface area contributed by atoms with E-state index in [2.05, 4.69) is 9.88 Å². The summed E-state index contributed by atoms with van der Waals surface area (Å²) in [6.07, 6.45) is 3.16. The van der Waals surface area contributed by atoms with Crippen molar-refractivity contribution in [3.05, 3.63) is 24.0 Å². The van der Waals surface area contributed by atoms with Gasteiger partial charge >= 0.3 is 0 Å². The Bertz CT molecular complexity index is 359. The summed E-state index contributed by atoms with van der Waals surface area (Å²) in [4.78, 5) is 16.5. The summed E-state index contributed by atoms with van der Waals surface area (Å²) in [5.41, 5.74) is 0.784.